The van der Waals surface area contributed by atoms with Gasteiger partial charge < -0.3 is 10.2 Å². The lowest BCUT2D eigenvalue weighted by molar-refractivity contribution is 0.403. The first kappa shape index (κ1) is 8.62. The quantitative estimate of drug-likeness (QED) is 0.747. The number of rotatable bonds is 2. The third-order valence-electron chi connectivity index (χ3n) is 1.64. The van der Waals surface area contributed by atoms with Gasteiger partial charge in [0.25, 0.3) is 0 Å². The maximum Gasteiger partial charge on any atom is 0.193 e. The third-order valence-corrected chi connectivity index (χ3v) is 1.84. The largest absolute Gasteiger partial charge is 0.448 e. The number of halogens is 1. The second kappa shape index (κ2) is 3.28. The third kappa shape index (κ3) is 1.98. The summed E-state index contributed by atoms with van der Waals surface area (Å²) in [6.07, 6.45) is 0. The molecule has 0 bridgehead atoms. The molecular weight excluding hydrogens is 162 g/mol. The van der Waals surface area contributed by atoms with E-state index in [4.69, 9.17) is 21.8 Å². The van der Waals surface area contributed by atoms with E-state index in [0.29, 0.717) is 11.1 Å². The SMILES string of the molecule is CC(C)C(N)c1ccc(Cl)o1. The van der Waals surface area contributed by atoms with Crippen LogP contribution in [0, 0.1) is 5.92 Å². The molecule has 0 saturated carbocycles. The number of nitrogens with two attached hydrogens (primary N) is 1. The minimum atomic E-state index is -0.0532. The highest BCUT2D eigenvalue weighted by Crippen LogP contribution is 2.23. The highest BCUT2D eigenvalue weighted by Gasteiger charge is 2.13. The van der Waals surface area contributed by atoms with Gasteiger partial charge in [-0.15, -0.1) is 0 Å². The van der Waals surface area contributed by atoms with Crippen molar-refractivity contribution in [2.45, 2.75) is 19.9 Å². The minimum Gasteiger partial charge on any atom is -0.448 e. The van der Waals surface area contributed by atoms with Crippen LogP contribution in [0.2, 0.25) is 5.22 Å². The molecule has 1 aromatic rings. The Labute approximate surface area is 71.3 Å². The molecular formula is C8H12ClNO. The lowest BCUT2D eigenvalue weighted by atomic mass is 10.0. The van der Waals surface area contributed by atoms with Gasteiger partial charge in [-0.1, -0.05) is 13.8 Å². The summed E-state index contributed by atoms with van der Waals surface area (Å²) in [5, 5.41) is 0.399. The minimum absolute atomic E-state index is 0.0532. The van der Waals surface area contributed by atoms with Crippen LogP contribution in [0.5, 0.6) is 0 Å². The van der Waals surface area contributed by atoms with E-state index < -0.39 is 0 Å². The Morgan fingerprint density at radius 3 is 2.45 bits per heavy atom. The zero-order valence-electron chi connectivity index (χ0n) is 6.67. The Kier molecular flexibility index (Phi) is 2.58. The molecule has 2 nitrogen and oxygen atoms in total. The van der Waals surface area contributed by atoms with Gasteiger partial charge in [0.2, 0.25) is 0 Å². The normalized spacial score (nSPS) is 13.9. The van der Waals surface area contributed by atoms with Crippen LogP contribution in [-0.4, -0.2) is 0 Å². The Morgan fingerprint density at radius 2 is 2.09 bits per heavy atom. The van der Waals surface area contributed by atoms with Crippen LogP contribution in [0.3, 0.4) is 0 Å². The Balaban J connectivity index is 2.76. The molecule has 1 rings (SSSR count). The van der Waals surface area contributed by atoms with Crippen LogP contribution < -0.4 is 5.73 Å². The average Bonchev–Trinajstić information content (AvgIpc) is 2.34. The summed E-state index contributed by atoms with van der Waals surface area (Å²) in [6, 6.07) is 3.47. The average molecular weight is 174 g/mol. The smallest absolute Gasteiger partial charge is 0.193 e. The van der Waals surface area contributed by atoms with Gasteiger partial charge in [-0.2, -0.15) is 0 Å². The Hall–Kier alpha value is -0.470. The summed E-state index contributed by atoms with van der Waals surface area (Å²) in [7, 11) is 0. The maximum atomic E-state index is 5.80. The fraction of sp³-hybridized carbons (Fsp3) is 0.500. The molecule has 0 aromatic carbocycles. The van der Waals surface area contributed by atoms with Crippen molar-refractivity contribution in [1.82, 2.24) is 0 Å². The van der Waals surface area contributed by atoms with Gasteiger partial charge in [0.15, 0.2) is 5.22 Å². The summed E-state index contributed by atoms with van der Waals surface area (Å²) in [5.41, 5.74) is 5.80. The van der Waals surface area contributed by atoms with E-state index in [0.717, 1.165) is 5.76 Å². The molecule has 0 spiro atoms. The molecule has 1 aromatic heterocycles. The van der Waals surface area contributed by atoms with Crippen molar-refractivity contribution in [3.05, 3.63) is 23.1 Å². The summed E-state index contributed by atoms with van der Waals surface area (Å²) in [6.45, 7) is 4.09. The lowest BCUT2D eigenvalue weighted by Gasteiger charge is -2.11. The highest BCUT2D eigenvalue weighted by molar-refractivity contribution is 6.28. The van der Waals surface area contributed by atoms with Crippen molar-refractivity contribution in [3.63, 3.8) is 0 Å². The van der Waals surface area contributed by atoms with Crippen molar-refractivity contribution in [1.29, 1.82) is 0 Å². The Bertz CT molecular complexity index is 232. The monoisotopic (exact) mass is 173 g/mol. The molecule has 0 aliphatic heterocycles. The van der Waals surface area contributed by atoms with Crippen molar-refractivity contribution in [2.24, 2.45) is 11.7 Å². The summed E-state index contributed by atoms with van der Waals surface area (Å²) < 4.78 is 5.15. The molecule has 0 aliphatic rings. The molecule has 0 saturated heterocycles. The molecule has 0 radical (unpaired) electrons. The zero-order valence-corrected chi connectivity index (χ0v) is 7.43. The van der Waals surface area contributed by atoms with Crippen molar-refractivity contribution in [3.8, 4) is 0 Å². The highest BCUT2D eigenvalue weighted by atomic mass is 35.5. The molecule has 1 heterocycles. The van der Waals surface area contributed by atoms with Gasteiger partial charge in [0.1, 0.15) is 5.76 Å². The van der Waals surface area contributed by atoms with E-state index in [1.54, 1.807) is 6.07 Å². The van der Waals surface area contributed by atoms with Crippen LogP contribution in [-0.2, 0) is 0 Å². The van der Waals surface area contributed by atoms with Gasteiger partial charge in [0.05, 0.1) is 6.04 Å². The molecule has 0 aliphatic carbocycles. The molecule has 0 amide bonds. The van der Waals surface area contributed by atoms with Crippen molar-refractivity contribution >= 4 is 11.6 Å². The van der Waals surface area contributed by atoms with Gasteiger partial charge in [-0.25, -0.2) is 0 Å². The van der Waals surface area contributed by atoms with Gasteiger partial charge in [-0.05, 0) is 29.7 Å². The van der Waals surface area contributed by atoms with Crippen LogP contribution >= 0.6 is 11.6 Å². The second-order valence-electron chi connectivity index (χ2n) is 2.91. The fourth-order valence-electron chi connectivity index (χ4n) is 0.836. The summed E-state index contributed by atoms with van der Waals surface area (Å²) >= 11 is 5.59. The molecule has 2 N–H and O–H groups in total. The standard InChI is InChI=1S/C8H12ClNO/c1-5(2)8(10)6-3-4-7(9)11-6/h3-5,8H,10H2,1-2H3. The van der Waals surface area contributed by atoms with Crippen molar-refractivity contribution in [2.75, 3.05) is 0 Å². The maximum absolute atomic E-state index is 5.80. The first-order valence-corrected chi connectivity index (χ1v) is 4.00. The molecule has 1 atom stereocenters. The molecule has 62 valence electrons. The summed E-state index contributed by atoms with van der Waals surface area (Å²) in [5.74, 6) is 1.13. The van der Waals surface area contributed by atoms with Gasteiger partial charge in [0, 0.05) is 0 Å². The van der Waals surface area contributed by atoms with Gasteiger partial charge >= 0.3 is 0 Å². The molecule has 11 heavy (non-hydrogen) atoms. The van der Waals surface area contributed by atoms with Crippen LogP contribution in [0.1, 0.15) is 25.6 Å². The first-order valence-electron chi connectivity index (χ1n) is 3.62. The van der Waals surface area contributed by atoms with E-state index in [9.17, 15) is 0 Å². The topological polar surface area (TPSA) is 39.2 Å². The molecule has 3 heteroatoms. The predicted octanol–water partition coefficient (Wildman–Crippen LogP) is 2.59. The molecule has 0 fully saturated rings. The van der Waals surface area contributed by atoms with E-state index in [1.807, 2.05) is 19.9 Å². The number of hydrogen-bond donors (Lipinski definition) is 1. The van der Waals surface area contributed by atoms with Crippen LogP contribution in [0.4, 0.5) is 0 Å². The summed E-state index contributed by atoms with van der Waals surface area (Å²) in [4.78, 5) is 0. The predicted molar refractivity (Wildman–Crippen MR) is 45.5 cm³/mol. The second-order valence-corrected chi connectivity index (χ2v) is 3.28. The fourth-order valence-corrected chi connectivity index (χ4v) is 0.988. The Morgan fingerprint density at radius 1 is 1.45 bits per heavy atom. The first-order chi connectivity index (χ1) is 5.11. The van der Waals surface area contributed by atoms with E-state index in [1.165, 1.54) is 0 Å². The number of furan rings is 1. The van der Waals surface area contributed by atoms with E-state index in [-0.39, 0.29) is 6.04 Å². The van der Waals surface area contributed by atoms with E-state index >= 15 is 0 Å². The van der Waals surface area contributed by atoms with Crippen LogP contribution in [0.25, 0.3) is 0 Å². The van der Waals surface area contributed by atoms with E-state index in [2.05, 4.69) is 0 Å². The molecule has 1 unspecified atom stereocenters. The lowest BCUT2D eigenvalue weighted by Crippen LogP contribution is -2.15. The van der Waals surface area contributed by atoms with Crippen molar-refractivity contribution < 1.29 is 4.42 Å². The van der Waals surface area contributed by atoms with Crippen LogP contribution in [0.15, 0.2) is 16.5 Å². The number of hydrogen-bond acceptors (Lipinski definition) is 2. The zero-order chi connectivity index (χ0) is 8.43. The van der Waals surface area contributed by atoms with Gasteiger partial charge in [-0.3, -0.25) is 0 Å².